The van der Waals surface area contributed by atoms with Crippen molar-refractivity contribution in [1.82, 2.24) is 0 Å². The lowest BCUT2D eigenvalue weighted by Crippen LogP contribution is -1.84. The third kappa shape index (κ3) is 31.6. The second-order valence-corrected chi connectivity index (χ2v) is 9.50. The summed E-state index contributed by atoms with van der Waals surface area (Å²) >= 11 is 0. The van der Waals surface area contributed by atoms with Gasteiger partial charge in [-0.1, -0.05) is 189 Å². The molecular formula is C34H54O2. The maximum atomic E-state index is 10.3. The zero-order chi connectivity index (χ0) is 26.2. The van der Waals surface area contributed by atoms with Gasteiger partial charge in [0.05, 0.1) is 0 Å². The Morgan fingerprint density at radius 1 is 0.444 bits per heavy atom. The molecule has 0 aromatic rings. The standard InChI is InChI=1S/C34H54O2/c1-2-3-4-5-6-7-8-9-10-11-12-13-14-15-16-17-18-19-20-21-22-23-24-25-26-27-28-29-30-31-32-33-34(35)36/h20-33H,2-19H2,1H3,(H,35,36). The van der Waals surface area contributed by atoms with Crippen molar-refractivity contribution in [3.8, 4) is 0 Å². The third-order valence-electron chi connectivity index (χ3n) is 6.07. The van der Waals surface area contributed by atoms with Crippen molar-refractivity contribution in [2.24, 2.45) is 0 Å². The van der Waals surface area contributed by atoms with Gasteiger partial charge in [0, 0.05) is 6.08 Å². The molecule has 0 aliphatic carbocycles. The average molecular weight is 495 g/mol. The first-order chi connectivity index (χ1) is 17.8. The quantitative estimate of drug-likeness (QED) is 0.0778. The lowest BCUT2D eigenvalue weighted by molar-refractivity contribution is -0.131. The number of unbranched alkanes of at least 4 members (excludes halogenated alkanes) is 17. The number of carboxylic acids is 1. The molecule has 0 heterocycles. The monoisotopic (exact) mass is 494 g/mol. The van der Waals surface area contributed by atoms with Crippen LogP contribution >= 0.6 is 0 Å². The number of aliphatic carboxylic acids is 1. The van der Waals surface area contributed by atoms with Crippen LogP contribution in [0.4, 0.5) is 0 Å². The van der Waals surface area contributed by atoms with Crippen molar-refractivity contribution >= 4 is 5.97 Å². The minimum atomic E-state index is -0.938. The van der Waals surface area contributed by atoms with E-state index >= 15 is 0 Å². The van der Waals surface area contributed by atoms with E-state index in [0.29, 0.717) is 0 Å². The molecule has 0 bridgehead atoms. The molecule has 0 atom stereocenters. The second-order valence-electron chi connectivity index (χ2n) is 9.50. The Labute approximate surface area is 223 Å². The molecule has 0 unspecified atom stereocenters. The number of rotatable bonds is 25. The van der Waals surface area contributed by atoms with Crippen molar-refractivity contribution in [2.45, 2.75) is 122 Å². The summed E-state index contributed by atoms with van der Waals surface area (Å²) in [4.78, 5) is 10.3. The number of carbonyl (C=O) groups is 1. The van der Waals surface area contributed by atoms with Gasteiger partial charge >= 0.3 is 5.97 Å². The lowest BCUT2D eigenvalue weighted by atomic mass is 10.0. The van der Waals surface area contributed by atoms with Crippen LogP contribution in [0, 0.1) is 0 Å². The SMILES string of the molecule is CCCCCCCCCCCCCCCCCCCC=CC=CC=CC=CC=CC=CC=CC(=O)O. The van der Waals surface area contributed by atoms with Crippen LogP contribution in [0.15, 0.2) is 85.1 Å². The van der Waals surface area contributed by atoms with Gasteiger partial charge in [-0.3, -0.25) is 0 Å². The molecule has 0 fully saturated rings. The maximum Gasteiger partial charge on any atom is 0.328 e. The Balaban J connectivity index is 3.39. The predicted molar refractivity (Wildman–Crippen MR) is 160 cm³/mol. The first-order valence-corrected chi connectivity index (χ1v) is 14.7. The van der Waals surface area contributed by atoms with Crippen LogP contribution in [0.25, 0.3) is 0 Å². The molecule has 2 heteroatoms. The van der Waals surface area contributed by atoms with Crippen LogP contribution in [-0.2, 0) is 4.79 Å². The summed E-state index contributed by atoms with van der Waals surface area (Å²) in [6, 6.07) is 0. The molecule has 0 aliphatic heterocycles. The van der Waals surface area contributed by atoms with E-state index in [-0.39, 0.29) is 0 Å². The summed E-state index contributed by atoms with van der Waals surface area (Å²) in [5.74, 6) is -0.938. The van der Waals surface area contributed by atoms with Crippen LogP contribution in [0.1, 0.15) is 122 Å². The molecule has 2 nitrogen and oxygen atoms in total. The van der Waals surface area contributed by atoms with Crippen LogP contribution < -0.4 is 0 Å². The summed E-state index contributed by atoms with van der Waals surface area (Å²) in [5.41, 5.74) is 0. The van der Waals surface area contributed by atoms with Crippen LogP contribution in [0.3, 0.4) is 0 Å². The fourth-order valence-corrected chi connectivity index (χ4v) is 3.94. The van der Waals surface area contributed by atoms with Gasteiger partial charge in [0.1, 0.15) is 0 Å². The highest BCUT2D eigenvalue weighted by Crippen LogP contribution is 2.14. The second kappa shape index (κ2) is 30.7. The highest BCUT2D eigenvalue weighted by Gasteiger charge is 1.94. The van der Waals surface area contributed by atoms with Gasteiger partial charge in [-0.15, -0.1) is 0 Å². The van der Waals surface area contributed by atoms with Crippen molar-refractivity contribution in [2.75, 3.05) is 0 Å². The number of allylic oxidation sites excluding steroid dienone is 13. The highest BCUT2D eigenvalue weighted by atomic mass is 16.4. The molecule has 0 aliphatic rings. The Morgan fingerprint density at radius 3 is 1.11 bits per heavy atom. The van der Waals surface area contributed by atoms with E-state index in [9.17, 15) is 4.79 Å². The number of hydrogen-bond donors (Lipinski definition) is 1. The molecule has 0 rings (SSSR count). The van der Waals surface area contributed by atoms with Crippen molar-refractivity contribution in [3.05, 3.63) is 85.1 Å². The number of hydrogen-bond acceptors (Lipinski definition) is 1. The predicted octanol–water partition coefficient (Wildman–Crippen LogP) is 11.0. The van der Waals surface area contributed by atoms with Crippen molar-refractivity contribution in [3.63, 3.8) is 0 Å². The van der Waals surface area contributed by atoms with Gasteiger partial charge in [-0.2, -0.15) is 0 Å². The molecular weight excluding hydrogens is 440 g/mol. The minimum Gasteiger partial charge on any atom is -0.478 e. The lowest BCUT2D eigenvalue weighted by Gasteiger charge is -2.03. The van der Waals surface area contributed by atoms with Crippen molar-refractivity contribution in [1.29, 1.82) is 0 Å². The molecule has 0 saturated carbocycles. The molecule has 0 spiro atoms. The Kier molecular flexibility index (Phi) is 28.7. The largest absolute Gasteiger partial charge is 0.478 e. The fourth-order valence-electron chi connectivity index (χ4n) is 3.94. The van der Waals surface area contributed by atoms with E-state index in [1.807, 2.05) is 42.5 Å². The van der Waals surface area contributed by atoms with Gasteiger partial charge in [0.15, 0.2) is 0 Å². The summed E-state index contributed by atoms with van der Waals surface area (Å²) < 4.78 is 0. The molecule has 0 aromatic heterocycles. The van der Waals surface area contributed by atoms with Gasteiger partial charge in [0.25, 0.3) is 0 Å². The molecule has 1 N–H and O–H groups in total. The highest BCUT2D eigenvalue weighted by molar-refractivity contribution is 5.80. The Bertz CT molecular complexity index is 673. The smallest absolute Gasteiger partial charge is 0.328 e. The fraction of sp³-hybridized carbons (Fsp3) is 0.559. The summed E-state index contributed by atoms with van der Waals surface area (Å²) in [6.45, 7) is 2.29. The first-order valence-electron chi connectivity index (χ1n) is 14.7. The molecule has 0 amide bonds. The van der Waals surface area contributed by atoms with Crippen LogP contribution in [-0.4, -0.2) is 11.1 Å². The number of carboxylic acid groups (broad SMARTS) is 1. The van der Waals surface area contributed by atoms with Gasteiger partial charge in [-0.25, -0.2) is 4.79 Å². The maximum absolute atomic E-state index is 10.3. The van der Waals surface area contributed by atoms with E-state index in [1.165, 1.54) is 122 Å². The minimum absolute atomic E-state index is 0.938. The third-order valence-corrected chi connectivity index (χ3v) is 6.07. The Morgan fingerprint density at radius 2 is 0.750 bits per heavy atom. The Hall–Kier alpha value is -2.35. The van der Waals surface area contributed by atoms with E-state index < -0.39 is 5.97 Å². The van der Waals surface area contributed by atoms with E-state index in [2.05, 4.69) is 25.2 Å². The summed E-state index contributed by atoms with van der Waals surface area (Å²) in [6.07, 6.45) is 51.6. The normalized spacial score (nSPS) is 12.9. The average Bonchev–Trinajstić information content (AvgIpc) is 2.87. The van der Waals surface area contributed by atoms with Gasteiger partial charge in [0.2, 0.25) is 0 Å². The van der Waals surface area contributed by atoms with Gasteiger partial charge in [-0.05, 0) is 12.8 Å². The summed E-state index contributed by atoms with van der Waals surface area (Å²) in [5, 5.41) is 8.46. The summed E-state index contributed by atoms with van der Waals surface area (Å²) in [7, 11) is 0. The molecule has 202 valence electrons. The topological polar surface area (TPSA) is 37.3 Å². The first kappa shape index (κ1) is 33.7. The van der Waals surface area contributed by atoms with Crippen LogP contribution in [0.5, 0.6) is 0 Å². The zero-order valence-corrected chi connectivity index (χ0v) is 23.2. The van der Waals surface area contributed by atoms with Gasteiger partial charge < -0.3 is 5.11 Å². The molecule has 0 radical (unpaired) electrons. The van der Waals surface area contributed by atoms with Crippen LogP contribution in [0.2, 0.25) is 0 Å². The van der Waals surface area contributed by atoms with E-state index in [0.717, 1.165) is 6.08 Å². The van der Waals surface area contributed by atoms with Crippen molar-refractivity contribution < 1.29 is 9.90 Å². The van der Waals surface area contributed by atoms with E-state index in [4.69, 9.17) is 5.11 Å². The molecule has 0 saturated heterocycles. The zero-order valence-electron chi connectivity index (χ0n) is 23.2. The van der Waals surface area contributed by atoms with E-state index in [1.54, 1.807) is 12.2 Å². The molecule has 0 aromatic carbocycles. The molecule has 36 heavy (non-hydrogen) atoms.